The number of likely N-dealkylation sites (tertiary alicyclic amines) is 1. The van der Waals surface area contributed by atoms with E-state index in [1.807, 2.05) is 0 Å². The minimum Gasteiger partial charge on any atom is -0.496 e. The van der Waals surface area contributed by atoms with E-state index in [1.165, 1.54) is 7.11 Å². The Morgan fingerprint density at radius 1 is 1.21 bits per heavy atom. The lowest BCUT2D eigenvalue weighted by atomic mass is 10.1. The van der Waals surface area contributed by atoms with Crippen molar-refractivity contribution in [3.05, 3.63) is 35.7 Å². The molecule has 0 spiro atoms. The first-order valence-electron chi connectivity index (χ1n) is 7.85. The van der Waals surface area contributed by atoms with Gasteiger partial charge in [0, 0.05) is 13.1 Å². The Kier molecular flexibility index (Phi) is 4.74. The zero-order valence-corrected chi connectivity index (χ0v) is 13.4. The number of carbonyl (C=O) groups excluding carboxylic acids is 2. The number of hydrogen-bond donors (Lipinski definition) is 2. The van der Waals surface area contributed by atoms with Gasteiger partial charge >= 0.3 is 0 Å². The number of aromatic amines is 1. The molecule has 1 aromatic carbocycles. The lowest BCUT2D eigenvalue weighted by Crippen LogP contribution is -2.36. The van der Waals surface area contributed by atoms with Crippen LogP contribution >= 0.6 is 0 Å². The third-order valence-electron chi connectivity index (χ3n) is 3.91. The zero-order valence-electron chi connectivity index (χ0n) is 13.4. The topological polar surface area (TPSA) is 100 Å². The van der Waals surface area contributed by atoms with Crippen LogP contribution in [-0.2, 0) is 0 Å². The van der Waals surface area contributed by atoms with Gasteiger partial charge in [0.15, 0.2) is 0 Å². The molecule has 1 aliphatic rings. The fourth-order valence-corrected chi connectivity index (χ4v) is 2.66. The second kappa shape index (κ2) is 7.12. The Hall–Kier alpha value is -2.90. The molecule has 126 valence electrons. The van der Waals surface area contributed by atoms with Gasteiger partial charge in [0.05, 0.1) is 12.7 Å². The van der Waals surface area contributed by atoms with E-state index in [-0.39, 0.29) is 17.7 Å². The summed E-state index contributed by atoms with van der Waals surface area (Å²) in [6, 6.07) is 6.84. The van der Waals surface area contributed by atoms with Crippen molar-refractivity contribution in [1.29, 1.82) is 0 Å². The van der Waals surface area contributed by atoms with Gasteiger partial charge in [0.1, 0.15) is 5.75 Å². The summed E-state index contributed by atoms with van der Waals surface area (Å²) in [4.78, 5) is 30.4. The van der Waals surface area contributed by atoms with Crippen LogP contribution in [-0.4, -0.2) is 52.1 Å². The third-order valence-corrected chi connectivity index (χ3v) is 3.91. The molecule has 1 aromatic heterocycles. The molecule has 0 atom stereocenters. The highest BCUT2D eigenvalue weighted by Gasteiger charge is 2.22. The molecule has 1 aliphatic heterocycles. The number of para-hydroxylation sites is 1. The Bertz CT molecular complexity index is 737. The maximum atomic E-state index is 12.3. The molecule has 0 radical (unpaired) electrons. The first-order valence-corrected chi connectivity index (χ1v) is 7.85. The number of nitrogens with zero attached hydrogens (tertiary/aromatic N) is 3. The Labute approximate surface area is 139 Å². The molecule has 2 N–H and O–H groups in total. The van der Waals surface area contributed by atoms with Gasteiger partial charge < -0.3 is 9.64 Å². The van der Waals surface area contributed by atoms with E-state index in [0.717, 1.165) is 32.4 Å². The van der Waals surface area contributed by atoms with Crippen LogP contribution in [0.15, 0.2) is 24.3 Å². The summed E-state index contributed by atoms with van der Waals surface area (Å²) in [6.07, 6.45) is 3.13. The third kappa shape index (κ3) is 3.37. The van der Waals surface area contributed by atoms with Crippen molar-refractivity contribution in [2.24, 2.45) is 0 Å². The number of nitrogens with one attached hydrogen (secondary N) is 2. The van der Waals surface area contributed by atoms with Crippen molar-refractivity contribution >= 4 is 17.8 Å². The molecule has 1 fully saturated rings. The normalized spacial score (nSPS) is 14.3. The Morgan fingerprint density at radius 3 is 2.71 bits per heavy atom. The molecular formula is C16H19N5O3. The molecule has 2 aromatic rings. The van der Waals surface area contributed by atoms with Crippen LogP contribution in [0.1, 0.15) is 40.2 Å². The lowest BCUT2D eigenvalue weighted by Gasteiger charge is -2.25. The summed E-state index contributed by atoms with van der Waals surface area (Å²) in [5.41, 5.74) is 0.369. The number of piperidine rings is 1. The number of amides is 2. The van der Waals surface area contributed by atoms with Crippen molar-refractivity contribution in [3.8, 4) is 5.75 Å². The maximum Gasteiger partial charge on any atom is 0.291 e. The van der Waals surface area contributed by atoms with E-state index in [4.69, 9.17) is 4.74 Å². The molecular weight excluding hydrogens is 310 g/mol. The Morgan fingerprint density at radius 2 is 1.96 bits per heavy atom. The molecule has 0 saturated carbocycles. The van der Waals surface area contributed by atoms with E-state index < -0.39 is 5.91 Å². The highest BCUT2D eigenvalue weighted by Crippen LogP contribution is 2.18. The van der Waals surface area contributed by atoms with Gasteiger partial charge in [-0.15, -0.1) is 5.10 Å². The van der Waals surface area contributed by atoms with Gasteiger partial charge in [-0.1, -0.05) is 12.1 Å². The number of anilines is 1. The van der Waals surface area contributed by atoms with Crippen LogP contribution in [0, 0.1) is 0 Å². The van der Waals surface area contributed by atoms with Crippen molar-refractivity contribution < 1.29 is 14.3 Å². The smallest absolute Gasteiger partial charge is 0.291 e. The van der Waals surface area contributed by atoms with Gasteiger partial charge in [-0.3, -0.25) is 20.0 Å². The summed E-state index contributed by atoms with van der Waals surface area (Å²) in [7, 11) is 1.49. The molecule has 8 nitrogen and oxygen atoms in total. The molecule has 0 aliphatic carbocycles. The van der Waals surface area contributed by atoms with Crippen LogP contribution in [0.4, 0.5) is 5.95 Å². The second-order valence-corrected chi connectivity index (χ2v) is 5.51. The van der Waals surface area contributed by atoms with Crippen molar-refractivity contribution in [2.75, 3.05) is 25.5 Å². The second-order valence-electron chi connectivity index (χ2n) is 5.51. The molecule has 2 amide bonds. The molecule has 8 heteroatoms. The minimum atomic E-state index is -0.400. The van der Waals surface area contributed by atoms with E-state index >= 15 is 0 Å². The molecule has 1 saturated heterocycles. The number of carbonyl (C=O) groups is 2. The largest absolute Gasteiger partial charge is 0.496 e. The van der Waals surface area contributed by atoms with Gasteiger partial charge in [0.25, 0.3) is 11.8 Å². The summed E-state index contributed by atoms with van der Waals surface area (Å²) >= 11 is 0. The van der Waals surface area contributed by atoms with E-state index in [2.05, 4.69) is 20.5 Å². The molecule has 24 heavy (non-hydrogen) atoms. The summed E-state index contributed by atoms with van der Waals surface area (Å²) in [5, 5.41) is 9.05. The standard InChI is InChI=1S/C16H19N5O3/c1-24-12-8-4-3-7-11(12)14(22)18-16-17-13(19-20-16)15(23)21-9-5-2-6-10-21/h3-4,7-8H,2,5-6,9-10H2,1H3,(H2,17,18,19,20,22). The quantitative estimate of drug-likeness (QED) is 0.889. The summed E-state index contributed by atoms with van der Waals surface area (Å²) < 4.78 is 5.16. The van der Waals surface area contributed by atoms with Gasteiger partial charge in [0.2, 0.25) is 11.8 Å². The Balaban J connectivity index is 1.69. The predicted molar refractivity (Wildman–Crippen MR) is 87.1 cm³/mol. The number of hydrogen-bond acceptors (Lipinski definition) is 5. The number of rotatable bonds is 4. The number of H-pyrrole nitrogens is 1. The molecule has 2 heterocycles. The van der Waals surface area contributed by atoms with Gasteiger partial charge in [-0.05, 0) is 31.4 Å². The summed E-state index contributed by atoms with van der Waals surface area (Å²) in [5.74, 6) is 0.0528. The lowest BCUT2D eigenvalue weighted by molar-refractivity contribution is 0.0712. The highest BCUT2D eigenvalue weighted by molar-refractivity contribution is 6.05. The van der Waals surface area contributed by atoms with Crippen LogP contribution in [0.25, 0.3) is 0 Å². The first-order chi connectivity index (χ1) is 11.7. The van der Waals surface area contributed by atoms with Crippen molar-refractivity contribution in [1.82, 2.24) is 20.1 Å². The SMILES string of the molecule is COc1ccccc1C(=O)Nc1n[nH]c(C(=O)N2CCCCC2)n1. The number of ether oxygens (including phenoxy) is 1. The van der Waals surface area contributed by atoms with Crippen molar-refractivity contribution in [2.45, 2.75) is 19.3 Å². The van der Waals surface area contributed by atoms with Crippen molar-refractivity contribution in [3.63, 3.8) is 0 Å². The number of aromatic nitrogens is 3. The van der Waals surface area contributed by atoms with Crippen LogP contribution < -0.4 is 10.1 Å². The number of benzene rings is 1. The number of methoxy groups -OCH3 is 1. The van der Waals surface area contributed by atoms with Crippen LogP contribution in [0.5, 0.6) is 5.75 Å². The average Bonchev–Trinajstić information content (AvgIpc) is 3.10. The van der Waals surface area contributed by atoms with Gasteiger partial charge in [-0.2, -0.15) is 4.98 Å². The monoisotopic (exact) mass is 329 g/mol. The molecule has 3 rings (SSSR count). The van der Waals surface area contributed by atoms with E-state index in [0.29, 0.717) is 11.3 Å². The fraction of sp³-hybridized carbons (Fsp3) is 0.375. The maximum absolute atomic E-state index is 12.3. The van der Waals surface area contributed by atoms with E-state index in [1.54, 1.807) is 29.2 Å². The average molecular weight is 329 g/mol. The molecule has 0 bridgehead atoms. The zero-order chi connectivity index (χ0) is 16.9. The fourth-order valence-electron chi connectivity index (χ4n) is 2.66. The minimum absolute atomic E-state index is 0.0614. The predicted octanol–water partition coefficient (Wildman–Crippen LogP) is 1.69. The van der Waals surface area contributed by atoms with Gasteiger partial charge in [-0.25, -0.2) is 0 Å². The van der Waals surface area contributed by atoms with Crippen LogP contribution in [0.2, 0.25) is 0 Å². The molecule has 0 unspecified atom stereocenters. The van der Waals surface area contributed by atoms with E-state index in [9.17, 15) is 9.59 Å². The highest BCUT2D eigenvalue weighted by atomic mass is 16.5. The first kappa shape index (κ1) is 16.0. The van der Waals surface area contributed by atoms with Crippen LogP contribution in [0.3, 0.4) is 0 Å². The summed E-state index contributed by atoms with van der Waals surface area (Å²) in [6.45, 7) is 1.45.